The second-order valence-corrected chi connectivity index (χ2v) is 6.41. The number of carbonyl (C=O) groups excluding carboxylic acids is 2. The lowest BCUT2D eigenvalue weighted by Gasteiger charge is -2.32. The monoisotopic (exact) mass is 311 g/mol. The molecule has 1 saturated heterocycles. The first-order chi connectivity index (χ1) is 10.2. The first-order valence-electron chi connectivity index (χ1n) is 7.12. The molecule has 4 nitrogen and oxygen atoms in total. The van der Waals surface area contributed by atoms with Gasteiger partial charge in [0, 0.05) is 18.5 Å². The molecule has 0 N–H and O–H groups in total. The zero-order chi connectivity index (χ0) is 16.5. The maximum absolute atomic E-state index is 13.3. The molecule has 1 heterocycles. The number of nitrogens with zero attached hydrogens (tertiary/aromatic N) is 1. The van der Waals surface area contributed by atoms with Crippen LogP contribution in [0.2, 0.25) is 0 Å². The molecule has 0 aliphatic carbocycles. The van der Waals surface area contributed by atoms with Gasteiger partial charge in [-0.3, -0.25) is 4.79 Å². The minimum atomic E-state index is -0.711. The summed E-state index contributed by atoms with van der Waals surface area (Å²) < 4.78 is 31.7. The third kappa shape index (κ3) is 4.02. The van der Waals surface area contributed by atoms with Gasteiger partial charge in [-0.05, 0) is 44.9 Å². The Morgan fingerprint density at radius 3 is 2.32 bits per heavy atom. The number of rotatable bonds is 1. The van der Waals surface area contributed by atoms with Gasteiger partial charge in [0.25, 0.3) is 0 Å². The van der Waals surface area contributed by atoms with Crippen LogP contribution >= 0.6 is 0 Å². The molecule has 1 aromatic carbocycles. The van der Waals surface area contributed by atoms with Crippen LogP contribution in [0, 0.1) is 11.6 Å². The van der Waals surface area contributed by atoms with Gasteiger partial charge in [0.2, 0.25) is 0 Å². The summed E-state index contributed by atoms with van der Waals surface area (Å²) in [4.78, 5) is 25.5. The summed E-state index contributed by atoms with van der Waals surface area (Å²) in [5.74, 6) is -2.26. The van der Waals surface area contributed by atoms with Crippen molar-refractivity contribution >= 4 is 11.9 Å². The van der Waals surface area contributed by atoms with E-state index >= 15 is 0 Å². The Morgan fingerprint density at radius 1 is 1.23 bits per heavy atom. The normalized spacial score (nSPS) is 19.2. The predicted octanol–water partition coefficient (Wildman–Crippen LogP) is 3.26. The van der Waals surface area contributed by atoms with Crippen molar-refractivity contribution in [2.24, 2.45) is 0 Å². The van der Waals surface area contributed by atoms with Gasteiger partial charge < -0.3 is 9.64 Å². The molecule has 1 amide bonds. The van der Waals surface area contributed by atoms with E-state index in [1.165, 1.54) is 4.90 Å². The number of ketones is 1. The molecule has 2 rings (SSSR count). The van der Waals surface area contributed by atoms with Crippen LogP contribution in [0.5, 0.6) is 0 Å². The molecule has 120 valence electrons. The first kappa shape index (κ1) is 16.4. The molecule has 0 spiro atoms. The SMILES string of the molecule is CC(C)(C)OC(=O)N1CC[C@@H](c2cc(F)cc(F)c2)C(=O)C1. The average Bonchev–Trinajstić information content (AvgIpc) is 2.35. The summed E-state index contributed by atoms with van der Waals surface area (Å²) in [6.07, 6.45) is -0.231. The van der Waals surface area contributed by atoms with Crippen LogP contribution in [0.1, 0.15) is 38.7 Å². The van der Waals surface area contributed by atoms with Crippen molar-refractivity contribution in [2.45, 2.75) is 38.7 Å². The van der Waals surface area contributed by atoms with E-state index in [1.807, 2.05) is 0 Å². The fraction of sp³-hybridized carbons (Fsp3) is 0.500. The van der Waals surface area contributed by atoms with Gasteiger partial charge in [0.15, 0.2) is 5.78 Å². The molecule has 0 bridgehead atoms. The van der Waals surface area contributed by atoms with Gasteiger partial charge in [0.1, 0.15) is 17.2 Å². The quantitative estimate of drug-likeness (QED) is 0.800. The summed E-state index contributed by atoms with van der Waals surface area (Å²) >= 11 is 0. The van der Waals surface area contributed by atoms with Crippen LogP contribution < -0.4 is 0 Å². The van der Waals surface area contributed by atoms with Gasteiger partial charge in [-0.1, -0.05) is 0 Å². The van der Waals surface area contributed by atoms with Crippen molar-refractivity contribution in [1.82, 2.24) is 4.90 Å². The maximum atomic E-state index is 13.3. The number of halogens is 2. The van der Waals surface area contributed by atoms with Crippen molar-refractivity contribution in [1.29, 1.82) is 0 Å². The van der Waals surface area contributed by atoms with Gasteiger partial charge in [-0.25, -0.2) is 13.6 Å². The van der Waals surface area contributed by atoms with E-state index in [0.717, 1.165) is 18.2 Å². The number of benzene rings is 1. The second kappa shape index (κ2) is 6.02. The highest BCUT2D eigenvalue weighted by molar-refractivity contribution is 5.90. The number of piperidine rings is 1. The van der Waals surface area contributed by atoms with Crippen molar-refractivity contribution in [3.05, 3.63) is 35.4 Å². The standard InChI is InChI=1S/C16H19F2NO3/c1-16(2,3)22-15(21)19-5-4-13(14(20)9-19)10-6-11(17)8-12(18)7-10/h6-8,13H,4-5,9H2,1-3H3/t13-/m0/s1. The maximum Gasteiger partial charge on any atom is 0.410 e. The van der Waals surface area contributed by atoms with E-state index in [1.54, 1.807) is 20.8 Å². The van der Waals surface area contributed by atoms with Crippen molar-refractivity contribution < 1.29 is 23.1 Å². The molecule has 1 aromatic rings. The smallest absolute Gasteiger partial charge is 0.410 e. The third-order valence-corrected chi connectivity index (χ3v) is 3.36. The summed E-state index contributed by atoms with van der Waals surface area (Å²) in [6.45, 7) is 5.43. The summed E-state index contributed by atoms with van der Waals surface area (Å²) in [5.41, 5.74) is -0.325. The fourth-order valence-corrected chi connectivity index (χ4v) is 2.43. The van der Waals surface area contributed by atoms with Gasteiger partial charge in [0.05, 0.1) is 6.54 Å². The number of ether oxygens (including phenoxy) is 1. The number of carbonyl (C=O) groups is 2. The molecular formula is C16H19F2NO3. The van der Waals surface area contributed by atoms with E-state index in [-0.39, 0.29) is 12.3 Å². The third-order valence-electron chi connectivity index (χ3n) is 3.36. The molecule has 22 heavy (non-hydrogen) atoms. The van der Waals surface area contributed by atoms with E-state index in [4.69, 9.17) is 4.74 Å². The predicted molar refractivity (Wildman–Crippen MR) is 76.5 cm³/mol. The molecule has 0 radical (unpaired) electrons. The molecule has 0 unspecified atom stereocenters. The zero-order valence-electron chi connectivity index (χ0n) is 12.9. The zero-order valence-corrected chi connectivity index (χ0v) is 12.9. The molecule has 1 aliphatic heterocycles. The van der Waals surface area contributed by atoms with Gasteiger partial charge in [-0.2, -0.15) is 0 Å². The Bertz CT molecular complexity index is 575. The molecule has 6 heteroatoms. The number of hydrogen-bond donors (Lipinski definition) is 0. The van der Waals surface area contributed by atoms with Crippen LogP contribution in [-0.4, -0.2) is 35.5 Å². The highest BCUT2D eigenvalue weighted by atomic mass is 19.1. The number of likely N-dealkylation sites (tertiary alicyclic amines) is 1. The summed E-state index contributed by atoms with van der Waals surface area (Å²) in [6, 6.07) is 3.09. The van der Waals surface area contributed by atoms with E-state index in [9.17, 15) is 18.4 Å². The van der Waals surface area contributed by atoms with Crippen LogP contribution in [0.25, 0.3) is 0 Å². The number of Topliss-reactive ketones (excluding diaryl/α,β-unsaturated/α-hetero) is 1. The lowest BCUT2D eigenvalue weighted by molar-refractivity contribution is -0.123. The Morgan fingerprint density at radius 2 is 1.82 bits per heavy atom. The summed E-state index contributed by atoms with van der Waals surface area (Å²) in [7, 11) is 0. The van der Waals surface area contributed by atoms with Crippen LogP contribution in [0.15, 0.2) is 18.2 Å². The lowest BCUT2D eigenvalue weighted by Crippen LogP contribution is -2.45. The van der Waals surface area contributed by atoms with Crippen molar-refractivity contribution in [2.75, 3.05) is 13.1 Å². The fourth-order valence-electron chi connectivity index (χ4n) is 2.43. The highest BCUT2D eigenvalue weighted by Gasteiger charge is 2.33. The second-order valence-electron chi connectivity index (χ2n) is 6.41. The van der Waals surface area contributed by atoms with Crippen LogP contribution in [0.3, 0.4) is 0 Å². The van der Waals surface area contributed by atoms with Gasteiger partial charge in [-0.15, -0.1) is 0 Å². The van der Waals surface area contributed by atoms with Crippen molar-refractivity contribution in [3.63, 3.8) is 0 Å². The molecule has 1 fully saturated rings. The minimum absolute atomic E-state index is 0.113. The van der Waals surface area contributed by atoms with Gasteiger partial charge >= 0.3 is 6.09 Å². The van der Waals surface area contributed by atoms with E-state index in [2.05, 4.69) is 0 Å². The molecule has 0 aromatic heterocycles. The summed E-state index contributed by atoms with van der Waals surface area (Å²) in [5, 5.41) is 0. The molecule has 1 atom stereocenters. The van der Waals surface area contributed by atoms with E-state index in [0.29, 0.717) is 18.5 Å². The lowest BCUT2D eigenvalue weighted by atomic mass is 9.88. The topological polar surface area (TPSA) is 46.6 Å². The highest BCUT2D eigenvalue weighted by Crippen LogP contribution is 2.27. The number of hydrogen-bond acceptors (Lipinski definition) is 3. The molecular weight excluding hydrogens is 292 g/mol. The molecule has 0 saturated carbocycles. The Balaban J connectivity index is 2.07. The van der Waals surface area contributed by atoms with E-state index < -0.39 is 29.2 Å². The Hall–Kier alpha value is -1.98. The Labute approximate surface area is 128 Å². The van der Waals surface area contributed by atoms with Crippen LogP contribution in [-0.2, 0) is 9.53 Å². The molecule has 1 aliphatic rings. The minimum Gasteiger partial charge on any atom is -0.444 e. The largest absolute Gasteiger partial charge is 0.444 e. The first-order valence-corrected chi connectivity index (χ1v) is 7.12. The Kier molecular flexibility index (Phi) is 4.49. The average molecular weight is 311 g/mol. The van der Waals surface area contributed by atoms with Crippen molar-refractivity contribution in [3.8, 4) is 0 Å². The van der Waals surface area contributed by atoms with Crippen LogP contribution in [0.4, 0.5) is 13.6 Å². The number of amides is 1.